The number of nitro groups is 1. The molecule has 2 aliphatic heterocycles. The molecule has 0 aliphatic carbocycles. The van der Waals surface area contributed by atoms with E-state index in [1.54, 1.807) is 13.8 Å². The minimum absolute atomic E-state index is 0. The van der Waals surface area contributed by atoms with Crippen molar-refractivity contribution in [3.8, 4) is 0 Å². The van der Waals surface area contributed by atoms with E-state index in [-0.39, 0.29) is 28.4 Å². The van der Waals surface area contributed by atoms with Gasteiger partial charge < -0.3 is 5.32 Å². The van der Waals surface area contributed by atoms with Crippen molar-refractivity contribution in [1.82, 2.24) is 9.62 Å². The minimum atomic E-state index is -3.71. The van der Waals surface area contributed by atoms with Gasteiger partial charge in [0.15, 0.2) is 0 Å². The zero-order valence-corrected chi connectivity index (χ0v) is 15.4. The van der Waals surface area contributed by atoms with Crippen LogP contribution in [-0.4, -0.2) is 43.8 Å². The summed E-state index contributed by atoms with van der Waals surface area (Å²) in [6, 6.07) is 2.61. The summed E-state index contributed by atoms with van der Waals surface area (Å²) in [6.07, 6.45) is 1.82. The number of nitrogens with one attached hydrogen (secondary N) is 1. The Labute approximate surface area is 148 Å². The van der Waals surface area contributed by atoms with Gasteiger partial charge in [-0.15, -0.1) is 12.4 Å². The van der Waals surface area contributed by atoms with Crippen LogP contribution in [0.3, 0.4) is 0 Å². The number of aryl methyl sites for hydroxylation is 1. The van der Waals surface area contributed by atoms with Gasteiger partial charge >= 0.3 is 0 Å². The molecule has 0 aromatic heterocycles. The van der Waals surface area contributed by atoms with Crippen LogP contribution in [-0.2, 0) is 10.0 Å². The van der Waals surface area contributed by atoms with Crippen LogP contribution in [0.5, 0.6) is 0 Å². The lowest BCUT2D eigenvalue weighted by molar-refractivity contribution is -0.385. The topological polar surface area (TPSA) is 92.5 Å². The van der Waals surface area contributed by atoms with E-state index >= 15 is 0 Å². The summed E-state index contributed by atoms with van der Waals surface area (Å²) in [7, 11) is -3.71. The molecule has 1 atom stereocenters. The fourth-order valence-electron chi connectivity index (χ4n) is 3.56. The Morgan fingerprint density at radius 2 is 2.00 bits per heavy atom. The number of sulfonamides is 1. The van der Waals surface area contributed by atoms with Crippen LogP contribution >= 0.6 is 12.4 Å². The van der Waals surface area contributed by atoms with Gasteiger partial charge in [0.05, 0.1) is 9.82 Å². The Morgan fingerprint density at radius 1 is 1.29 bits per heavy atom. The summed E-state index contributed by atoms with van der Waals surface area (Å²) in [6.45, 7) is 6.13. The van der Waals surface area contributed by atoms with E-state index in [9.17, 15) is 18.5 Å². The molecule has 24 heavy (non-hydrogen) atoms. The fourth-order valence-corrected chi connectivity index (χ4v) is 5.44. The first-order valence-electron chi connectivity index (χ1n) is 7.72. The lowest BCUT2D eigenvalue weighted by Crippen LogP contribution is -2.33. The number of hydrogen-bond acceptors (Lipinski definition) is 5. The Hall–Kier alpha value is -1.22. The Bertz CT molecular complexity index is 760. The molecule has 0 radical (unpaired) electrons. The molecule has 3 rings (SSSR count). The van der Waals surface area contributed by atoms with Crippen molar-refractivity contribution in [2.24, 2.45) is 5.41 Å². The van der Waals surface area contributed by atoms with E-state index in [0.717, 1.165) is 25.9 Å². The minimum Gasteiger partial charge on any atom is -0.316 e. The summed E-state index contributed by atoms with van der Waals surface area (Å²) < 4.78 is 27.5. The molecule has 2 fully saturated rings. The van der Waals surface area contributed by atoms with Crippen molar-refractivity contribution in [2.45, 2.75) is 31.6 Å². The maximum atomic E-state index is 13.0. The molecule has 2 saturated heterocycles. The predicted octanol–water partition coefficient (Wildman–Crippen LogP) is 2.01. The van der Waals surface area contributed by atoms with E-state index in [1.165, 1.54) is 16.4 Å². The van der Waals surface area contributed by atoms with Gasteiger partial charge in [0.1, 0.15) is 0 Å². The summed E-state index contributed by atoms with van der Waals surface area (Å²) in [5.74, 6) is 0. The number of non-ortho nitro benzene ring substituents is 1. The van der Waals surface area contributed by atoms with Crippen molar-refractivity contribution in [1.29, 1.82) is 0 Å². The Balaban J connectivity index is 0.00000208. The second-order valence-electron chi connectivity index (χ2n) is 6.66. The Morgan fingerprint density at radius 3 is 2.58 bits per heavy atom. The highest BCUT2D eigenvalue weighted by atomic mass is 35.5. The maximum absolute atomic E-state index is 13.0. The molecule has 0 bridgehead atoms. The van der Waals surface area contributed by atoms with Crippen LogP contribution < -0.4 is 5.32 Å². The zero-order valence-electron chi connectivity index (χ0n) is 13.7. The smallest absolute Gasteiger partial charge is 0.271 e. The molecule has 2 aliphatic rings. The van der Waals surface area contributed by atoms with Crippen LogP contribution in [0.4, 0.5) is 5.69 Å². The number of benzene rings is 1. The largest absolute Gasteiger partial charge is 0.316 e. The first-order valence-corrected chi connectivity index (χ1v) is 9.16. The van der Waals surface area contributed by atoms with E-state index in [1.807, 2.05) is 0 Å². The molecule has 2 heterocycles. The summed E-state index contributed by atoms with van der Waals surface area (Å²) in [4.78, 5) is 10.6. The maximum Gasteiger partial charge on any atom is 0.271 e. The highest BCUT2D eigenvalue weighted by molar-refractivity contribution is 7.89. The first kappa shape index (κ1) is 19.1. The molecular formula is C15H22ClN3O4S. The van der Waals surface area contributed by atoms with Crippen molar-refractivity contribution >= 4 is 28.1 Å². The van der Waals surface area contributed by atoms with Crippen molar-refractivity contribution in [3.63, 3.8) is 0 Å². The molecule has 134 valence electrons. The van der Waals surface area contributed by atoms with Crippen LogP contribution in [0, 0.1) is 29.4 Å². The molecule has 1 aromatic carbocycles. The van der Waals surface area contributed by atoms with Gasteiger partial charge in [-0.1, -0.05) is 0 Å². The molecule has 7 nitrogen and oxygen atoms in total. The number of hydrogen-bond donors (Lipinski definition) is 1. The number of nitro benzene ring substituents is 1. The van der Waals surface area contributed by atoms with Crippen LogP contribution in [0.1, 0.15) is 24.0 Å². The zero-order chi connectivity index (χ0) is 16.8. The molecular weight excluding hydrogens is 354 g/mol. The van der Waals surface area contributed by atoms with E-state index in [4.69, 9.17) is 0 Å². The normalized spacial score (nSPS) is 24.2. The lowest BCUT2D eigenvalue weighted by atomic mass is 9.87. The van der Waals surface area contributed by atoms with Gasteiger partial charge in [-0.3, -0.25) is 10.1 Å². The SMILES string of the molecule is Cc1cc([N+](=O)[O-])cc(S(=O)(=O)N2CCC3(CCNC3)C2)c1C.Cl. The molecule has 1 spiro atoms. The first-order chi connectivity index (χ1) is 10.8. The standard InChI is InChI=1S/C15H21N3O4S.ClH/c1-11-7-13(18(19)20)8-14(12(11)2)23(21,22)17-6-4-15(10-17)3-5-16-9-15;/h7-8,16H,3-6,9-10H2,1-2H3;1H. The highest BCUT2D eigenvalue weighted by Crippen LogP contribution is 2.39. The monoisotopic (exact) mass is 375 g/mol. The third kappa shape index (κ3) is 3.15. The summed E-state index contributed by atoms with van der Waals surface area (Å²) in [5.41, 5.74) is 1.05. The van der Waals surface area contributed by atoms with Crippen molar-refractivity contribution < 1.29 is 13.3 Å². The molecule has 1 aromatic rings. The van der Waals surface area contributed by atoms with Gasteiger partial charge in [0.2, 0.25) is 10.0 Å². The van der Waals surface area contributed by atoms with Crippen molar-refractivity contribution in [3.05, 3.63) is 33.4 Å². The number of halogens is 1. The van der Waals surface area contributed by atoms with Gasteiger partial charge in [-0.2, -0.15) is 4.31 Å². The van der Waals surface area contributed by atoms with Crippen LogP contribution in [0.15, 0.2) is 17.0 Å². The number of rotatable bonds is 3. The van der Waals surface area contributed by atoms with Gasteiger partial charge in [-0.05, 0) is 49.8 Å². The fraction of sp³-hybridized carbons (Fsp3) is 0.600. The third-order valence-electron chi connectivity index (χ3n) is 5.17. The number of nitrogens with zero attached hydrogens (tertiary/aromatic N) is 2. The van der Waals surface area contributed by atoms with Gasteiger partial charge in [0, 0.05) is 31.8 Å². The van der Waals surface area contributed by atoms with E-state index < -0.39 is 14.9 Å². The van der Waals surface area contributed by atoms with Crippen LogP contribution in [0.25, 0.3) is 0 Å². The average Bonchev–Trinajstić information content (AvgIpc) is 3.12. The predicted molar refractivity (Wildman–Crippen MR) is 93.1 cm³/mol. The molecule has 0 amide bonds. The second kappa shape index (κ2) is 6.59. The highest BCUT2D eigenvalue weighted by Gasteiger charge is 2.45. The summed E-state index contributed by atoms with van der Waals surface area (Å²) >= 11 is 0. The van der Waals surface area contributed by atoms with Crippen molar-refractivity contribution in [2.75, 3.05) is 26.2 Å². The van der Waals surface area contributed by atoms with Crippen LogP contribution in [0.2, 0.25) is 0 Å². The third-order valence-corrected chi connectivity index (χ3v) is 7.14. The van der Waals surface area contributed by atoms with E-state index in [0.29, 0.717) is 24.2 Å². The molecule has 1 unspecified atom stereocenters. The quantitative estimate of drug-likeness (QED) is 0.644. The molecule has 1 N–H and O–H groups in total. The van der Waals surface area contributed by atoms with Gasteiger partial charge in [-0.25, -0.2) is 8.42 Å². The summed E-state index contributed by atoms with van der Waals surface area (Å²) in [5, 5.41) is 14.4. The van der Waals surface area contributed by atoms with E-state index in [2.05, 4.69) is 5.32 Å². The van der Waals surface area contributed by atoms with Gasteiger partial charge in [0.25, 0.3) is 5.69 Å². The average molecular weight is 376 g/mol. The second-order valence-corrected chi connectivity index (χ2v) is 8.56. The molecule has 9 heteroatoms. The lowest BCUT2D eigenvalue weighted by Gasteiger charge is -2.23. The molecule has 0 saturated carbocycles. The Kier molecular flexibility index (Phi) is 5.25.